The second-order valence-corrected chi connectivity index (χ2v) is 4.17. The number of ether oxygens (including phenoxy) is 1. The number of fused-ring (bicyclic) bond motifs is 1. The topological polar surface area (TPSA) is 9.23 Å². The third-order valence-electron chi connectivity index (χ3n) is 2.27. The Morgan fingerprint density at radius 2 is 2.07 bits per heavy atom. The minimum Gasteiger partial charge on any atom is -0.496 e. The van der Waals surface area contributed by atoms with E-state index in [2.05, 4.69) is 0 Å². The number of hydrogen-bond donors (Lipinski definition) is 0. The van der Waals surface area contributed by atoms with Crippen molar-refractivity contribution in [3.8, 4) is 5.75 Å². The molecule has 0 fully saturated rings. The van der Waals surface area contributed by atoms with Crippen LogP contribution in [0.3, 0.4) is 0 Å². The van der Waals surface area contributed by atoms with E-state index in [-0.39, 0.29) is 0 Å². The molecule has 0 aliphatic rings. The lowest BCUT2D eigenvalue weighted by Gasteiger charge is -2.08. The Bertz CT molecular complexity index is 534. The molecule has 78 valence electrons. The molecule has 0 amide bonds. The predicted molar refractivity (Wildman–Crippen MR) is 66.9 cm³/mol. The van der Waals surface area contributed by atoms with Gasteiger partial charge < -0.3 is 4.74 Å². The van der Waals surface area contributed by atoms with E-state index >= 15 is 0 Å². The first-order valence-corrected chi connectivity index (χ1v) is 5.58. The van der Waals surface area contributed by atoms with Crippen LogP contribution in [-0.4, -0.2) is 12.8 Å². The van der Waals surface area contributed by atoms with Crippen LogP contribution < -0.4 is 4.74 Å². The second-order valence-electron chi connectivity index (χ2n) is 3.12. The molecular formula is C13H14OS. The van der Waals surface area contributed by atoms with Crippen LogP contribution >= 0.6 is 11.8 Å². The number of hydrogen-bond acceptors (Lipinski definition) is 2. The maximum atomic E-state index is 7.64. The summed E-state index contributed by atoms with van der Waals surface area (Å²) in [6.45, 7) is 1.57. The molecule has 0 aliphatic carbocycles. The van der Waals surface area contributed by atoms with E-state index in [9.17, 15) is 0 Å². The van der Waals surface area contributed by atoms with Crippen molar-refractivity contribution in [1.29, 1.82) is 0 Å². The number of methoxy groups -OCH3 is 1. The van der Waals surface area contributed by atoms with Crippen LogP contribution in [0.5, 0.6) is 5.75 Å². The molecule has 0 radical (unpaired) electrons. The predicted octanol–water partition coefficient (Wildman–Crippen LogP) is 3.96. The molecule has 0 saturated carbocycles. The van der Waals surface area contributed by atoms with Gasteiger partial charge in [0, 0.05) is 13.0 Å². The summed E-state index contributed by atoms with van der Waals surface area (Å²) in [5.74, 6) is 0.821. The van der Waals surface area contributed by atoms with Crippen molar-refractivity contribution in [2.24, 2.45) is 0 Å². The van der Waals surface area contributed by atoms with Crippen molar-refractivity contribution >= 4 is 22.5 Å². The fraction of sp³-hybridized carbons (Fsp3) is 0.231. The Kier molecular flexibility index (Phi) is 2.46. The maximum absolute atomic E-state index is 7.64. The molecule has 0 N–H and O–H groups in total. The first-order valence-electron chi connectivity index (χ1n) is 5.76. The SMILES string of the molecule is [1H][13C]([2H])(C)Sc1cccc2c(OC)cccc12. The van der Waals surface area contributed by atoms with E-state index < -0.39 is 5.70 Å². The summed E-state index contributed by atoms with van der Waals surface area (Å²) < 4.78 is 20.6. The summed E-state index contributed by atoms with van der Waals surface area (Å²) in [6.07, 6.45) is 0. The van der Waals surface area contributed by atoms with Crippen LogP contribution in [0.1, 0.15) is 9.67 Å². The van der Waals surface area contributed by atoms with Crippen LogP contribution in [0.25, 0.3) is 10.8 Å². The van der Waals surface area contributed by atoms with Crippen LogP contribution in [0, 0.1) is 0 Å². The van der Waals surface area contributed by atoms with Crippen molar-refractivity contribution in [3.63, 3.8) is 0 Å². The lowest BCUT2D eigenvalue weighted by atomic mass is 10.1. The van der Waals surface area contributed by atoms with Crippen LogP contribution in [0.4, 0.5) is 0 Å². The zero-order chi connectivity index (χ0) is 12.5. The molecule has 1 nitrogen and oxygen atoms in total. The Labute approximate surface area is 97.3 Å². The third kappa shape index (κ3) is 1.95. The Balaban J connectivity index is 2.58. The zero-order valence-electron chi connectivity index (χ0n) is 10.8. The van der Waals surface area contributed by atoms with Gasteiger partial charge in [0.1, 0.15) is 5.75 Å². The van der Waals surface area contributed by atoms with Crippen LogP contribution in [0.2, 0.25) is 0 Å². The lowest BCUT2D eigenvalue weighted by molar-refractivity contribution is 0.420. The molecular weight excluding hydrogens is 205 g/mol. The molecule has 1 unspecified atom stereocenters. The van der Waals surface area contributed by atoms with Crippen molar-refractivity contribution in [1.82, 2.24) is 0 Å². The maximum Gasteiger partial charge on any atom is 0.126 e. The van der Waals surface area contributed by atoms with E-state index in [1.54, 1.807) is 14.0 Å². The molecule has 0 spiro atoms. The minimum atomic E-state index is -1.28. The highest BCUT2D eigenvalue weighted by Gasteiger charge is 2.04. The van der Waals surface area contributed by atoms with E-state index in [0.29, 0.717) is 0 Å². The minimum absolute atomic E-state index is 0.821. The van der Waals surface area contributed by atoms with Gasteiger partial charge >= 0.3 is 0 Å². The van der Waals surface area contributed by atoms with E-state index in [4.69, 9.17) is 7.48 Å². The fourth-order valence-corrected chi connectivity index (χ4v) is 2.28. The van der Waals surface area contributed by atoms with Gasteiger partial charge in [-0.05, 0) is 23.2 Å². The number of rotatable bonds is 3. The van der Waals surface area contributed by atoms with Gasteiger partial charge in [0.15, 0.2) is 0 Å². The van der Waals surface area contributed by atoms with E-state index in [1.807, 2.05) is 36.4 Å². The summed E-state index contributed by atoms with van der Waals surface area (Å²) in [6, 6.07) is 11.7. The largest absolute Gasteiger partial charge is 0.496 e. The highest BCUT2D eigenvalue weighted by atomic mass is 32.2. The second kappa shape index (κ2) is 4.58. The van der Waals surface area contributed by atoms with Crippen molar-refractivity contribution in [3.05, 3.63) is 36.4 Å². The van der Waals surface area contributed by atoms with Crippen molar-refractivity contribution in [2.45, 2.75) is 11.8 Å². The smallest absolute Gasteiger partial charge is 0.126 e. The van der Waals surface area contributed by atoms with Crippen molar-refractivity contribution in [2.75, 3.05) is 12.8 Å². The molecule has 2 aromatic rings. The highest BCUT2D eigenvalue weighted by Crippen LogP contribution is 2.32. The molecule has 15 heavy (non-hydrogen) atoms. The Morgan fingerprint density at radius 1 is 1.33 bits per heavy atom. The molecule has 1 atom stereocenters. The molecule has 0 aromatic heterocycles. The van der Waals surface area contributed by atoms with E-state index in [1.165, 1.54) is 11.8 Å². The monoisotopic (exact) mass is 220 g/mol. The molecule has 0 saturated heterocycles. The average molecular weight is 220 g/mol. The van der Waals surface area contributed by atoms with Gasteiger partial charge in [-0.3, -0.25) is 0 Å². The molecule has 0 heterocycles. The molecule has 2 aromatic carbocycles. The standard InChI is InChI=1S/C13H14OS/c1-3-15-13-9-5-6-10-11(13)7-4-8-12(10)14-2/h4-9H,3H2,1-2H3/i3+1DH. The van der Waals surface area contributed by atoms with Gasteiger partial charge in [-0.2, -0.15) is 0 Å². The zero-order valence-corrected chi connectivity index (χ0v) is 9.60. The molecule has 0 aliphatic heterocycles. The molecule has 0 bridgehead atoms. The van der Waals surface area contributed by atoms with Gasteiger partial charge in [0.25, 0.3) is 0 Å². The van der Waals surface area contributed by atoms with Crippen molar-refractivity contribution < 1.29 is 7.48 Å². The molecule has 2 heteroatoms. The van der Waals surface area contributed by atoms with Gasteiger partial charge in [-0.25, -0.2) is 0 Å². The Hall–Kier alpha value is -1.15. The molecule has 2 rings (SSSR count). The highest BCUT2D eigenvalue weighted by molar-refractivity contribution is 7.99. The first kappa shape index (κ1) is 8.05. The van der Waals surface area contributed by atoms with Crippen LogP contribution in [0.15, 0.2) is 41.3 Å². The van der Waals surface area contributed by atoms with Gasteiger partial charge in [0.2, 0.25) is 0 Å². The summed E-state index contributed by atoms with van der Waals surface area (Å²) in [5, 5.41) is 2.05. The summed E-state index contributed by atoms with van der Waals surface area (Å²) in [4.78, 5) is 0.939. The average Bonchev–Trinajstić information content (AvgIpc) is 2.27. The Morgan fingerprint density at radius 3 is 2.80 bits per heavy atom. The third-order valence-corrected chi connectivity index (χ3v) is 3.05. The van der Waals surface area contributed by atoms with Crippen LogP contribution in [-0.2, 0) is 0 Å². The normalized spacial score (nSPS) is 16.7. The number of benzene rings is 2. The first-order chi connectivity index (χ1) is 8.01. The lowest BCUT2D eigenvalue weighted by Crippen LogP contribution is -1.85. The van der Waals surface area contributed by atoms with Gasteiger partial charge in [0.05, 0.1) is 7.11 Å². The summed E-state index contributed by atoms with van der Waals surface area (Å²) in [7, 11) is 1.65. The number of thioether (sulfide) groups is 1. The fourth-order valence-electron chi connectivity index (χ4n) is 1.63. The summed E-state index contributed by atoms with van der Waals surface area (Å²) in [5.41, 5.74) is -1.28. The quantitative estimate of drug-likeness (QED) is 0.572. The van der Waals surface area contributed by atoms with Gasteiger partial charge in [-0.15, -0.1) is 11.8 Å². The van der Waals surface area contributed by atoms with Gasteiger partial charge in [-0.1, -0.05) is 31.2 Å². The summed E-state index contributed by atoms with van der Waals surface area (Å²) >= 11 is 1.23. The van der Waals surface area contributed by atoms with E-state index in [0.717, 1.165) is 21.4 Å².